The highest BCUT2D eigenvalue weighted by Crippen LogP contribution is 2.21. The van der Waals surface area contributed by atoms with Gasteiger partial charge in [-0.3, -0.25) is 4.57 Å². The lowest BCUT2D eigenvalue weighted by Crippen LogP contribution is -2.02. The Kier molecular flexibility index (Phi) is 5.55. The van der Waals surface area contributed by atoms with Crippen molar-refractivity contribution >= 4 is 23.4 Å². The van der Waals surface area contributed by atoms with E-state index in [4.69, 9.17) is 21.1 Å². The molecule has 0 atom stereocenters. The van der Waals surface area contributed by atoms with Crippen molar-refractivity contribution in [1.82, 2.24) is 19.7 Å². The van der Waals surface area contributed by atoms with Gasteiger partial charge in [0.05, 0.1) is 25.6 Å². The Bertz CT molecular complexity index is 778. The van der Waals surface area contributed by atoms with Gasteiger partial charge in [-0.1, -0.05) is 23.4 Å². The number of rotatable bonds is 7. The van der Waals surface area contributed by atoms with E-state index in [-0.39, 0.29) is 0 Å². The lowest BCUT2D eigenvalue weighted by atomic mass is 10.3. The van der Waals surface area contributed by atoms with Crippen molar-refractivity contribution in [3.05, 3.63) is 53.9 Å². The zero-order valence-corrected chi connectivity index (χ0v) is 14.5. The molecule has 0 unspecified atom stereocenters. The van der Waals surface area contributed by atoms with Crippen molar-refractivity contribution in [1.29, 1.82) is 0 Å². The minimum Gasteiger partial charge on any atom is -0.493 e. The van der Waals surface area contributed by atoms with E-state index in [0.717, 1.165) is 22.3 Å². The zero-order valence-electron chi connectivity index (χ0n) is 12.9. The van der Waals surface area contributed by atoms with Gasteiger partial charge in [0, 0.05) is 16.8 Å². The molecule has 6 nitrogen and oxygen atoms in total. The molecule has 0 amide bonds. The van der Waals surface area contributed by atoms with E-state index in [9.17, 15) is 0 Å². The Morgan fingerprint density at radius 1 is 1.17 bits per heavy atom. The minimum absolute atomic E-state index is 0.556. The van der Waals surface area contributed by atoms with E-state index in [2.05, 4.69) is 15.2 Å². The summed E-state index contributed by atoms with van der Waals surface area (Å²) < 4.78 is 12.6. The van der Waals surface area contributed by atoms with Crippen molar-refractivity contribution in [2.24, 2.45) is 0 Å². The zero-order chi connectivity index (χ0) is 16.8. The molecule has 1 aromatic carbocycles. The predicted octanol–water partition coefficient (Wildman–Crippen LogP) is 3.50. The molecule has 0 saturated heterocycles. The van der Waals surface area contributed by atoms with Crippen molar-refractivity contribution in [2.45, 2.75) is 5.16 Å². The maximum absolute atomic E-state index is 5.84. The van der Waals surface area contributed by atoms with Crippen LogP contribution in [0.25, 0.3) is 5.69 Å². The van der Waals surface area contributed by atoms with Crippen molar-refractivity contribution in [2.75, 3.05) is 19.5 Å². The van der Waals surface area contributed by atoms with Crippen LogP contribution in [0.5, 0.6) is 11.6 Å². The second-order valence-corrected chi connectivity index (χ2v) is 6.19. The average molecular weight is 363 g/mol. The number of hydrogen-bond acceptors (Lipinski definition) is 6. The van der Waals surface area contributed by atoms with Crippen LogP contribution in [-0.2, 0) is 0 Å². The van der Waals surface area contributed by atoms with Crippen LogP contribution in [0.3, 0.4) is 0 Å². The van der Waals surface area contributed by atoms with E-state index in [1.165, 1.54) is 0 Å². The Morgan fingerprint density at radius 2 is 2.00 bits per heavy atom. The molecule has 0 aliphatic rings. The molecule has 2 heterocycles. The van der Waals surface area contributed by atoms with Crippen molar-refractivity contribution in [3.63, 3.8) is 0 Å². The van der Waals surface area contributed by atoms with Crippen molar-refractivity contribution in [3.8, 4) is 17.3 Å². The molecular formula is C16H15ClN4O2S. The first-order chi connectivity index (χ1) is 11.8. The summed E-state index contributed by atoms with van der Waals surface area (Å²) in [4.78, 5) is 4.19. The second-order valence-electron chi connectivity index (χ2n) is 4.69. The summed E-state index contributed by atoms with van der Waals surface area (Å²) >= 11 is 7.40. The summed E-state index contributed by atoms with van der Waals surface area (Å²) in [6, 6.07) is 11.0. The highest BCUT2D eigenvalue weighted by molar-refractivity contribution is 7.99. The van der Waals surface area contributed by atoms with Crippen LogP contribution < -0.4 is 9.47 Å². The first kappa shape index (κ1) is 16.6. The maximum Gasteiger partial charge on any atom is 0.213 e. The van der Waals surface area contributed by atoms with Crippen LogP contribution in [0.4, 0.5) is 0 Å². The molecule has 0 aliphatic carbocycles. The summed E-state index contributed by atoms with van der Waals surface area (Å²) in [6.07, 6.45) is 3.38. The normalized spacial score (nSPS) is 10.6. The number of hydrogen-bond donors (Lipinski definition) is 0. The number of ether oxygens (including phenoxy) is 2. The molecule has 0 N–H and O–H groups in total. The number of halogens is 1. The van der Waals surface area contributed by atoms with Gasteiger partial charge in [-0.15, -0.1) is 10.2 Å². The molecule has 0 saturated carbocycles. The lowest BCUT2D eigenvalue weighted by molar-refractivity contribution is 0.344. The molecule has 2 aromatic heterocycles. The Morgan fingerprint density at radius 3 is 2.71 bits per heavy atom. The largest absolute Gasteiger partial charge is 0.493 e. The standard InChI is InChI=1S/C16H15ClN4O2S/c1-22-15-7-4-13(10-18-15)21-11-19-20-16(21)24-9-8-23-14-5-2-12(17)3-6-14/h2-7,10-11H,8-9H2,1H3. The summed E-state index contributed by atoms with van der Waals surface area (Å²) in [5, 5.41) is 9.57. The Hall–Kier alpha value is -2.25. The second kappa shape index (κ2) is 8.03. The van der Waals surface area contributed by atoms with Gasteiger partial charge in [0.2, 0.25) is 5.88 Å². The number of pyridine rings is 1. The van der Waals surface area contributed by atoms with Crippen LogP contribution >= 0.6 is 23.4 Å². The van der Waals surface area contributed by atoms with E-state index in [0.29, 0.717) is 17.5 Å². The molecule has 0 fully saturated rings. The van der Waals surface area contributed by atoms with Gasteiger partial charge < -0.3 is 9.47 Å². The SMILES string of the molecule is COc1ccc(-n2cnnc2SCCOc2ccc(Cl)cc2)cn1. The topological polar surface area (TPSA) is 62.1 Å². The number of methoxy groups -OCH3 is 1. The van der Waals surface area contributed by atoms with Gasteiger partial charge in [0.1, 0.15) is 12.1 Å². The highest BCUT2D eigenvalue weighted by Gasteiger charge is 2.08. The number of aromatic nitrogens is 4. The molecule has 3 aromatic rings. The molecule has 124 valence electrons. The van der Waals surface area contributed by atoms with Gasteiger partial charge in [-0.25, -0.2) is 4.98 Å². The van der Waals surface area contributed by atoms with E-state index >= 15 is 0 Å². The fourth-order valence-electron chi connectivity index (χ4n) is 1.96. The number of nitrogens with zero attached hydrogens (tertiary/aromatic N) is 4. The molecule has 8 heteroatoms. The molecule has 0 bridgehead atoms. The first-order valence-corrected chi connectivity index (χ1v) is 8.54. The van der Waals surface area contributed by atoms with Crippen molar-refractivity contribution < 1.29 is 9.47 Å². The summed E-state index contributed by atoms with van der Waals surface area (Å²) in [6.45, 7) is 0.556. The lowest BCUT2D eigenvalue weighted by Gasteiger charge is -2.08. The van der Waals surface area contributed by atoms with Gasteiger partial charge in [-0.05, 0) is 30.3 Å². The highest BCUT2D eigenvalue weighted by atomic mass is 35.5. The van der Waals surface area contributed by atoms with Gasteiger partial charge in [0.15, 0.2) is 5.16 Å². The quantitative estimate of drug-likeness (QED) is 0.473. The predicted molar refractivity (Wildman–Crippen MR) is 93.4 cm³/mol. The summed E-state index contributed by atoms with van der Waals surface area (Å²) in [5.74, 6) is 2.10. The number of benzene rings is 1. The summed E-state index contributed by atoms with van der Waals surface area (Å²) in [7, 11) is 1.59. The third-order valence-corrected chi connectivity index (χ3v) is 4.28. The average Bonchev–Trinajstić information content (AvgIpc) is 3.09. The van der Waals surface area contributed by atoms with Crippen LogP contribution in [0.1, 0.15) is 0 Å². The molecule has 0 radical (unpaired) electrons. The van der Waals surface area contributed by atoms with Crippen LogP contribution in [0, 0.1) is 0 Å². The molecular weight excluding hydrogens is 348 g/mol. The third-order valence-electron chi connectivity index (χ3n) is 3.12. The molecule has 0 aliphatic heterocycles. The molecule has 24 heavy (non-hydrogen) atoms. The van der Waals surface area contributed by atoms with Gasteiger partial charge in [0.25, 0.3) is 0 Å². The maximum atomic E-state index is 5.84. The number of thioether (sulfide) groups is 1. The third kappa shape index (κ3) is 4.18. The van der Waals surface area contributed by atoms with E-state index in [1.54, 1.807) is 49.6 Å². The smallest absolute Gasteiger partial charge is 0.213 e. The summed E-state index contributed by atoms with van der Waals surface area (Å²) in [5.41, 5.74) is 0.877. The molecule has 3 rings (SSSR count). The Balaban J connectivity index is 1.56. The van der Waals surface area contributed by atoms with E-state index < -0.39 is 0 Å². The first-order valence-electron chi connectivity index (χ1n) is 7.18. The fourth-order valence-corrected chi connectivity index (χ4v) is 2.83. The van der Waals surface area contributed by atoms with Gasteiger partial charge in [-0.2, -0.15) is 0 Å². The van der Waals surface area contributed by atoms with Crippen LogP contribution in [0.2, 0.25) is 5.02 Å². The fraction of sp³-hybridized carbons (Fsp3) is 0.188. The van der Waals surface area contributed by atoms with Crippen LogP contribution in [0.15, 0.2) is 54.1 Å². The van der Waals surface area contributed by atoms with Gasteiger partial charge >= 0.3 is 0 Å². The van der Waals surface area contributed by atoms with E-state index in [1.807, 2.05) is 22.8 Å². The monoisotopic (exact) mass is 362 g/mol. The Labute approximate surface area is 148 Å². The molecule has 0 spiro atoms. The van der Waals surface area contributed by atoms with Crippen LogP contribution in [-0.4, -0.2) is 39.2 Å². The minimum atomic E-state index is 0.556.